The molecule has 7 nitrogen and oxygen atoms in total. The third-order valence-electron chi connectivity index (χ3n) is 6.14. The lowest BCUT2D eigenvalue weighted by Gasteiger charge is -2.35. The van der Waals surface area contributed by atoms with E-state index < -0.39 is 34.4 Å². The molecule has 0 saturated carbocycles. The summed E-state index contributed by atoms with van der Waals surface area (Å²) in [5, 5.41) is 17.1. The van der Waals surface area contributed by atoms with E-state index in [9.17, 15) is 19.5 Å². The Kier molecular flexibility index (Phi) is 8.52. The lowest BCUT2D eigenvalue weighted by atomic mass is 9.96. The van der Waals surface area contributed by atoms with E-state index in [2.05, 4.69) is 10.6 Å². The van der Waals surface area contributed by atoms with Gasteiger partial charge in [-0.2, -0.15) is 0 Å². The van der Waals surface area contributed by atoms with Gasteiger partial charge in [-0.1, -0.05) is 48.0 Å². The number of nitrogens with zero attached hydrogens (tertiary/aromatic N) is 1. The quantitative estimate of drug-likeness (QED) is 0.530. The summed E-state index contributed by atoms with van der Waals surface area (Å²) < 4.78 is -0.537. The lowest BCUT2D eigenvalue weighted by Crippen LogP contribution is -2.60. The topological polar surface area (TPSA) is 98.7 Å². The summed E-state index contributed by atoms with van der Waals surface area (Å²) in [5.74, 6) is -0.940. The maximum absolute atomic E-state index is 13.6. The van der Waals surface area contributed by atoms with Gasteiger partial charge in [0.1, 0.15) is 6.04 Å². The van der Waals surface area contributed by atoms with Crippen LogP contribution in [0.5, 0.6) is 0 Å². The summed E-state index contributed by atoms with van der Waals surface area (Å²) in [4.78, 5) is 41.3. The number of amides is 3. The predicted octanol–water partition coefficient (Wildman–Crippen LogP) is 3.29. The zero-order chi connectivity index (χ0) is 26.7. The van der Waals surface area contributed by atoms with Crippen LogP contribution in [0.2, 0.25) is 0 Å². The van der Waals surface area contributed by atoms with Gasteiger partial charge in [0.05, 0.1) is 11.9 Å². The third-order valence-corrected chi connectivity index (χ3v) is 7.51. The van der Waals surface area contributed by atoms with E-state index in [0.29, 0.717) is 5.56 Å². The van der Waals surface area contributed by atoms with Gasteiger partial charge in [-0.25, -0.2) is 0 Å². The summed E-state index contributed by atoms with van der Waals surface area (Å²) in [5.41, 5.74) is 1.87. The predicted molar refractivity (Wildman–Crippen MR) is 144 cm³/mol. The van der Waals surface area contributed by atoms with Crippen LogP contribution in [0.15, 0.2) is 54.6 Å². The number of benzene rings is 2. The standard InChI is InChI=1S/C28H37N3O4S/c1-18-12-14-20(15-13-18)24(33)29-21(16-19-10-8-7-9-11-19)22(32)26(35)31-17-36-28(5,6)23(31)25(34)30-27(2,3)4/h7-15,21-23,32H,16-17H2,1-6H3,(H,29,33)(H,30,34)/t21-,22-,23+/m0/s1. The minimum absolute atomic E-state index is 0.259. The van der Waals surface area contributed by atoms with Crippen molar-refractivity contribution in [3.05, 3.63) is 71.3 Å². The smallest absolute Gasteiger partial charge is 0.254 e. The molecule has 1 aliphatic heterocycles. The Labute approximate surface area is 218 Å². The largest absolute Gasteiger partial charge is 0.381 e. The second-order valence-electron chi connectivity index (χ2n) is 10.9. The highest BCUT2D eigenvalue weighted by Gasteiger charge is 2.50. The molecule has 36 heavy (non-hydrogen) atoms. The van der Waals surface area contributed by atoms with E-state index in [-0.39, 0.29) is 24.1 Å². The molecule has 0 unspecified atom stereocenters. The minimum atomic E-state index is -1.53. The molecule has 0 aromatic heterocycles. The zero-order valence-corrected chi connectivity index (χ0v) is 22.7. The van der Waals surface area contributed by atoms with Crippen molar-refractivity contribution in [3.63, 3.8) is 0 Å². The van der Waals surface area contributed by atoms with Crippen LogP contribution in [-0.2, 0) is 16.0 Å². The van der Waals surface area contributed by atoms with Crippen molar-refractivity contribution in [2.75, 3.05) is 5.88 Å². The highest BCUT2D eigenvalue weighted by molar-refractivity contribution is 8.00. The zero-order valence-electron chi connectivity index (χ0n) is 21.9. The maximum atomic E-state index is 13.6. The molecule has 3 atom stereocenters. The average molecular weight is 512 g/mol. The molecule has 3 N–H and O–H groups in total. The van der Waals surface area contributed by atoms with E-state index in [0.717, 1.165) is 11.1 Å². The number of thioether (sulfide) groups is 1. The van der Waals surface area contributed by atoms with Crippen LogP contribution in [0.3, 0.4) is 0 Å². The van der Waals surface area contributed by atoms with Crippen LogP contribution in [0.1, 0.15) is 56.1 Å². The van der Waals surface area contributed by atoms with Crippen molar-refractivity contribution < 1.29 is 19.5 Å². The third kappa shape index (κ3) is 6.89. The summed E-state index contributed by atoms with van der Waals surface area (Å²) >= 11 is 1.49. The van der Waals surface area contributed by atoms with Gasteiger partial charge in [-0.05, 0) is 65.7 Å². The first-order chi connectivity index (χ1) is 16.8. The van der Waals surface area contributed by atoms with E-state index >= 15 is 0 Å². The highest BCUT2D eigenvalue weighted by atomic mass is 32.2. The van der Waals surface area contributed by atoms with Crippen LogP contribution < -0.4 is 10.6 Å². The molecule has 3 amide bonds. The molecular weight excluding hydrogens is 474 g/mol. The molecule has 8 heteroatoms. The normalized spacial score (nSPS) is 18.9. The van der Waals surface area contributed by atoms with Crippen molar-refractivity contribution in [2.45, 2.75) is 76.4 Å². The van der Waals surface area contributed by atoms with Crippen LogP contribution in [-0.4, -0.2) is 62.1 Å². The average Bonchev–Trinajstić information content (AvgIpc) is 3.12. The molecule has 0 bridgehead atoms. The Balaban J connectivity index is 1.86. The summed E-state index contributed by atoms with van der Waals surface area (Å²) in [6.07, 6.45) is -1.27. The fourth-order valence-electron chi connectivity index (χ4n) is 4.26. The molecule has 3 rings (SSSR count). The van der Waals surface area contributed by atoms with Gasteiger partial charge in [0, 0.05) is 15.8 Å². The Morgan fingerprint density at radius 3 is 2.28 bits per heavy atom. The summed E-state index contributed by atoms with van der Waals surface area (Å²) in [7, 11) is 0. The number of rotatable bonds is 7. The molecule has 0 spiro atoms. The Morgan fingerprint density at radius 2 is 1.69 bits per heavy atom. The van der Waals surface area contributed by atoms with Gasteiger partial charge in [0.25, 0.3) is 11.8 Å². The number of nitrogens with one attached hydrogen (secondary N) is 2. The van der Waals surface area contributed by atoms with Gasteiger partial charge in [-0.15, -0.1) is 11.8 Å². The molecule has 1 fully saturated rings. The van der Waals surface area contributed by atoms with Crippen LogP contribution in [0, 0.1) is 6.92 Å². The Hall–Kier alpha value is -2.84. The summed E-state index contributed by atoms with van der Waals surface area (Å²) in [6.45, 7) is 11.4. The first-order valence-corrected chi connectivity index (χ1v) is 13.1. The number of hydrogen-bond donors (Lipinski definition) is 3. The number of aryl methyl sites for hydroxylation is 1. The first-order valence-electron chi connectivity index (χ1n) is 12.1. The van der Waals surface area contributed by atoms with Crippen LogP contribution in [0.4, 0.5) is 0 Å². The van der Waals surface area contributed by atoms with E-state index in [1.165, 1.54) is 16.7 Å². The number of hydrogen-bond acceptors (Lipinski definition) is 5. The molecule has 2 aromatic carbocycles. The van der Waals surface area contributed by atoms with Crippen molar-refractivity contribution in [3.8, 4) is 0 Å². The monoisotopic (exact) mass is 511 g/mol. The Morgan fingerprint density at radius 1 is 1.08 bits per heavy atom. The molecule has 2 aromatic rings. The number of carbonyl (C=O) groups excluding carboxylic acids is 3. The summed E-state index contributed by atoms with van der Waals surface area (Å²) in [6, 6.07) is 14.9. The number of aliphatic hydroxyl groups is 1. The molecule has 0 aliphatic carbocycles. The van der Waals surface area contributed by atoms with E-state index in [4.69, 9.17) is 0 Å². The fraction of sp³-hybridized carbons (Fsp3) is 0.464. The number of aliphatic hydroxyl groups excluding tert-OH is 1. The molecule has 0 radical (unpaired) electrons. The SMILES string of the molecule is Cc1ccc(C(=O)N[C@@H](Cc2ccccc2)[C@H](O)C(=O)N2CSC(C)(C)[C@H]2C(=O)NC(C)(C)C)cc1. The van der Waals surface area contributed by atoms with Gasteiger partial charge in [0.2, 0.25) is 5.91 Å². The van der Waals surface area contributed by atoms with Crippen molar-refractivity contribution in [1.29, 1.82) is 0 Å². The van der Waals surface area contributed by atoms with Gasteiger partial charge >= 0.3 is 0 Å². The van der Waals surface area contributed by atoms with Crippen molar-refractivity contribution >= 4 is 29.5 Å². The van der Waals surface area contributed by atoms with Crippen LogP contribution >= 0.6 is 11.8 Å². The molecular formula is C28H37N3O4S. The fourth-order valence-corrected chi connectivity index (χ4v) is 5.40. The maximum Gasteiger partial charge on any atom is 0.254 e. The molecule has 1 saturated heterocycles. The molecule has 194 valence electrons. The Bertz CT molecular complexity index is 1080. The van der Waals surface area contributed by atoms with Gasteiger partial charge in [-0.3, -0.25) is 14.4 Å². The van der Waals surface area contributed by atoms with Gasteiger partial charge in [0.15, 0.2) is 6.10 Å². The number of carbonyl (C=O) groups is 3. The van der Waals surface area contributed by atoms with Crippen LogP contribution in [0.25, 0.3) is 0 Å². The van der Waals surface area contributed by atoms with Crippen molar-refractivity contribution in [1.82, 2.24) is 15.5 Å². The molecule has 1 aliphatic rings. The molecule has 1 heterocycles. The second kappa shape index (κ2) is 11.0. The van der Waals surface area contributed by atoms with Gasteiger partial charge < -0.3 is 20.6 Å². The van der Waals surface area contributed by atoms with E-state index in [1.807, 2.05) is 84.0 Å². The minimum Gasteiger partial charge on any atom is -0.381 e. The van der Waals surface area contributed by atoms with Crippen molar-refractivity contribution in [2.24, 2.45) is 0 Å². The lowest BCUT2D eigenvalue weighted by molar-refractivity contribution is -0.147. The first kappa shape index (κ1) is 27.7. The van der Waals surface area contributed by atoms with E-state index in [1.54, 1.807) is 12.1 Å². The second-order valence-corrected chi connectivity index (χ2v) is 12.5. The highest BCUT2D eigenvalue weighted by Crippen LogP contribution is 2.40.